The monoisotopic (exact) mass is 443 g/mol. The summed E-state index contributed by atoms with van der Waals surface area (Å²) in [5, 5.41) is 14.6. The van der Waals surface area contributed by atoms with Crippen LogP contribution in [0.3, 0.4) is 0 Å². The number of halogens is 2. The second-order valence-electron chi connectivity index (χ2n) is 6.34. The SMILES string of the molecule is O=C(CCc1nc(CSc2nnc(-c3ccccc3)o2)no1)Nc1cc(F)cc(F)c1. The number of carbonyl (C=O) groups excluding carboxylic acids is 1. The molecule has 0 saturated heterocycles. The maximum atomic E-state index is 13.2. The minimum Gasteiger partial charge on any atom is -0.411 e. The summed E-state index contributed by atoms with van der Waals surface area (Å²) in [7, 11) is 0. The smallest absolute Gasteiger partial charge is 0.277 e. The molecule has 11 heteroatoms. The number of hydrogen-bond donors (Lipinski definition) is 1. The van der Waals surface area contributed by atoms with Crippen molar-refractivity contribution in [2.24, 2.45) is 0 Å². The number of aryl methyl sites for hydroxylation is 1. The molecule has 2 aromatic heterocycles. The van der Waals surface area contributed by atoms with Crippen LogP contribution in [-0.2, 0) is 17.0 Å². The zero-order valence-corrected chi connectivity index (χ0v) is 16.7. The number of aromatic nitrogens is 4. The highest BCUT2D eigenvalue weighted by atomic mass is 32.2. The van der Waals surface area contributed by atoms with E-state index in [1.54, 1.807) is 0 Å². The Morgan fingerprint density at radius 2 is 1.84 bits per heavy atom. The van der Waals surface area contributed by atoms with Crippen LogP contribution >= 0.6 is 11.8 Å². The predicted octanol–water partition coefficient (Wildman–Crippen LogP) is 4.26. The van der Waals surface area contributed by atoms with Crippen molar-refractivity contribution >= 4 is 23.4 Å². The van der Waals surface area contributed by atoms with Crippen LogP contribution in [0, 0.1) is 11.6 Å². The second kappa shape index (κ2) is 9.47. The summed E-state index contributed by atoms with van der Waals surface area (Å²) in [6.07, 6.45) is 0.191. The van der Waals surface area contributed by atoms with E-state index in [4.69, 9.17) is 8.94 Å². The van der Waals surface area contributed by atoms with E-state index in [9.17, 15) is 13.6 Å². The summed E-state index contributed by atoms with van der Waals surface area (Å²) in [5.74, 6) is -0.537. The van der Waals surface area contributed by atoms with Gasteiger partial charge in [0, 0.05) is 30.2 Å². The molecule has 0 atom stereocenters. The number of anilines is 1. The van der Waals surface area contributed by atoms with Gasteiger partial charge in [0.2, 0.25) is 17.7 Å². The van der Waals surface area contributed by atoms with Crippen LogP contribution in [0.4, 0.5) is 14.5 Å². The van der Waals surface area contributed by atoms with E-state index in [1.165, 1.54) is 11.8 Å². The fourth-order valence-electron chi connectivity index (χ4n) is 2.61. The fraction of sp³-hybridized carbons (Fsp3) is 0.150. The van der Waals surface area contributed by atoms with Crippen molar-refractivity contribution in [2.45, 2.75) is 23.8 Å². The Kier molecular flexibility index (Phi) is 6.32. The maximum Gasteiger partial charge on any atom is 0.277 e. The Morgan fingerprint density at radius 1 is 1.06 bits per heavy atom. The van der Waals surface area contributed by atoms with Crippen LogP contribution in [0.15, 0.2) is 62.7 Å². The van der Waals surface area contributed by atoms with Gasteiger partial charge in [-0.15, -0.1) is 10.2 Å². The molecule has 0 aliphatic heterocycles. The van der Waals surface area contributed by atoms with Gasteiger partial charge in [-0.1, -0.05) is 35.1 Å². The lowest BCUT2D eigenvalue weighted by Crippen LogP contribution is -2.12. The highest BCUT2D eigenvalue weighted by Gasteiger charge is 2.13. The van der Waals surface area contributed by atoms with Gasteiger partial charge in [0.1, 0.15) is 11.6 Å². The molecule has 0 fully saturated rings. The fourth-order valence-corrected chi connectivity index (χ4v) is 3.22. The lowest BCUT2D eigenvalue weighted by Gasteiger charge is -2.04. The quantitative estimate of drug-likeness (QED) is 0.403. The maximum absolute atomic E-state index is 13.2. The van der Waals surface area contributed by atoms with E-state index in [1.807, 2.05) is 30.3 Å². The van der Waals surface area contributed by atoms with Crippen LogP contribution in [0.1, 0.15) is 18.1 Å². The number of carbonyl (C=O) groups is 1. The summed E-state index contributed by atoms with van der Waals surface area (Å²) in [5.41, 5.74) is 0.863. The summed E-state index contributed by atoms with van der Waals surface area (Å²) < 4.78 is 37.1. The summed E-state index contributed by atoms with van der Waals surface area (Å²) >= 11 is 1.26. The molecule has 31 heavy (non-hydrogen) atoms. The average Bonchev–Trinajstić information content (AvgIpc) is 3.40. The van der Waals surface area contributed by atoms with Gasteiger partial charge in [0.05, 0.1) is 5.75 Å². The molecule has 4 aromatic rings. The molecule has 2 aromatic carbocycles. The molecule has 0 spiro atoms. The number of benzene rings is 2. The zero-order valence-electron chi connectivity index (χ0n) is 15.9. The molecule has 0 bridgehead atoms. The summed E-state index contributed by atoms with van der Waals surface area (Å²) in [4.78, 5) is 16.2. The molecular weight excluding hydrogens is 428 g/mol. The van der Waals surface area contributed by atoms with Gasteiger partial charge >= 0.3 is 0 Å². The first kappa shape index (κ1) is 20.7. The number of rotatable bonds is 8. The number of amides is 1. The molecule has 1 N–H and O–H groups in total. The van der Waals surface area contributed by atoms with E-state index in [0.29, 0.717) is 22.7 Å². The molecule has 1 amide bonds. The lowest BCUT2D eigenvalue weighted by molar-refractivity contribution is -0.116. The number of nitrogens with one attached hydrogen (secondary N) is 1. The largest absolute Gasteiger partial charge is 0.411 e. The van der Waals surface area contributed by atoms with Gasteiger partial charge in [-0.25, -0.2) is 8.78 Å². The molecular formula is C20H15F2N5O3S. The van der Waals surface area contributed by atoms with Crippen molar-refractivity contribution < 1.29 is 22.5 Å². The molecule has 158 valence electrons. The molecule has 0 saturated carbocycles. The molecule has 0 unspecified atom stereocenters. The first-order chi connectivity index (χ1) is 15.0. The predicted molar refractivity (Wildman–Crippen MR) is 107 cm³/mol. The first-order valence-corrected chi connectivity index (χ1v) is 10.1. The molecule has 0 aliphatic rings. The Balaban J connectivity index is 1.26. The molecule has 2 heterocycles. The van der Waals surface area contributed by atoms with Crippen LogP contribution < -0.4 is 5.32 Å². The summed E-state index contributed by atoms with van der Waals surface area (Å²) in [6, 6.07) is 12.2. The van der Waals surface area contributed by atoms with Crippen LogP contribution in [0.5, 0.6) is 0 Å². The highest BCUT2D eigenvalue weighted by molar-refractivity contribution is 7.98. The Bertz CT molecular complexity index is 1160. The third-order valence-electron chi connectivity index (χ3n) is 3.97. The van der Waals surface area contributed by atoms with Crippen molar-refractivity contribution in [3.63, 3.8) is 0 Å². The molecule has 4 rings (SSSR count). The van der Waals surface area contributed by atoms with E-state index in [-0.39, 0.29) is 24.4 Å². The van der Waals surface area contributed by atoms with Gasteiger partial charge in [0.15, 0.2) is 5.82 Å². The number of nitrogens with zero attached hydrogens (tertiary/aromatic N) is 4. The summed E-state index contributed by atoms with van der Waals surface area (Å²) in [6.45, 7) is 0. The Hall–Kier alpha value is -3.60. The molecule has 0 aliphatic carbocycles. The van der Waals surface area contributed by atoms with Gasteiger partial charge in [-0.3, -0.25) is 4.79 Å². The topological polar surface area (TPSA) is 107 Å². The van der Waals surface area contributed by atoms with Crippen molar-refractivity contribution in [1.29, 1.82) is 0 Å². The van der Waals surface area contributed by atoms with Gasteiger partial charge in [-0.2, -0.15) is 4.98 Å². The van der Waals surface area contributed by atoms with Gasteiger partial charge < -0.3 is 14.3 Å². The minimum absolute atomic E-state index is 0.0109. The van der Waals surface area contributed by atoms with Crippen LogP contribution in [-0.4, -0.2) is 26.2 Å². The second-order valence-corrected chi connectivity index (χ2v) is 7.27. The van der Waals surface area contributed by atoms with E-state index in [2.05, 4.69) is 25.7 Å². The molecule has 8 nitrogen and oxygen atoms in total. The van der Waals surface area contributed by atoms with Crippen molar-refractivity contribution in [3.05, 3.63) is 71.9 Å². The third-order valence-corrected chi connectivity index (χ3v) is 4.79. The Labute approximate surface area is 179 Å². The number of thioether (sulfide) groups is 1. The minimum atomic E-state index is -0.772. The van der Waals surface area contributed by atoms with Crippen molar-refractivity contribution in [1.82, 2.24) is 20.3 Å². The van der Waals surface area contributed by atoms with E-state index in [0.717, 1.165) is 23.8 Å². The van der Waals surface area contributed by atoms with Crippen LogP contribution in [0.25, 0.3) is 11.5 Å². The van der Waals surface area contributed by atoms with E-state index < -0.39 is 17.5 Å². The lowest BCUT2D eigenvalue weighted by atomic mass is 10.2. The first-order valence-electron chi connectivity index (χ1n) is 9.14. The van der Waals surface area contributed by atoms with Crippen LogP contribution in [0.2, 0.25) is 0 Å². The Morgan fingerprint density at radius 3 is 2.61 bits per heavy atom. The zero-order chi connectivity index (χ0) is 21.6. The van der Waals surface area contributed by atoms with Crippen molar-refractivity contribution in [3.8, 4) is 11.5 Å². The molecule has 0 radical (unpaired) electrons. The average molecular weight is 443 g/mol. The van der Waals surface area contributed by atoms with Gasteiger partial charge in [-0.05, 0) is 24.3 Å². The highest BCUT2D eigenvalue weighted by Crippen LogP contribution is 2.25. The third kappa shape index (κ3) is 5.72. The van der Waals surface area contributed by atoms with Gasteiger partial charge in [0.25, 0.3) is 5.22 Å². The van der Waals surface area contributed by atoms with Crippen molar-refractivity contribution in [2.75, 3.05) is 5.32 Å². The van der Waals surface area contributed by atoms with E-state index >= 15 is 0 Å². The standard InChI is InChI=1S/C20H15F2N5O3S/c21-13-8-14(22)10-15(9-13)23-17(28)6-7-18-24-16(27-30-18)11-31-20-26-25-19(29-20)12-4-2-1-3-5-12/h1-5,8-10H,6-7,11H2,(H,23,28). The normalized spacial score (nSPS) is 10.9. The number of hydrogen-bond acceptors (Lipinski definition) is 8.